The summed E-state index contributed by atoms with van der Waals surface area (Å²) in [6.45, 7) is 2.47. The van der Waals surface area contributed by atoms with Crippen LogP contribution in [0, 0.1) is 0 Å². The van der Waals surface area contributed by atoms with Gasteiger partial charge in [0.05, 0.1) is 26.4 Å². The molecule has 0 bridgehead atoms. The van der Waals surface area contributed by atoms with E-state index in [4.69, 9.17) is 32.3 Å². The van der Waals surface area contributed by atoms with Crippen LogP contribution in [0.2, 0.25) is 0 Å². The van der Waals surface area contributed by atoms with Crippen LogP contribution in [0.25, 0.3) is 0 Å². The number of allylic oxidation sites excluding steroid dienone is 16. The molecule has 0 amide bonds. The maximum atomic E-state index is 12.9. The van der Waals surface area contributed by atoms with Gasteiger partial charge in [0.2, 0.25) is 0 Å². The molecule has 0 aliphatic rings. The molecule has 5 atom stereocenters. The number of ether oxygens (including phenoxy) is 3. The third-order valence-corrected chi connectivity index (χ3v) is 15.7. The molecule has 502 valence electrons. The van der Waals surface area contributed by atoms with Crippen molar-refractivity contribution in [3.05, 3.63) is 97.2 Å². The minimum absolute atomic E-state index is 0.0912. The van der Waals surface area contributed by atoms with E-state index in [1.807, 2.05) is 0 Å². The number of carbonyl (C=O) groups is 3. The lowest BCUT2D eigenvalue weighted by Gasteiger charge is -2.21. The summed E-state index contributed by atoms with van der Waals surface area (Å²) in [4.78, 5) is 58.3. The lowest BCUT2D eigenvalue weighted by Crippen LogP contribution is -2.30. The molecular formula is C69H120O16P2. The Bertz CT molecular complexity index is 1980. The first-order valence-electron chi connectivity index (χ1n) is 33.5. The van der Waals surface area contributed by atoms with Crippen LogP contribution in [0.4, 0.5) is 0 Å². The molecule has 0 fully saturated rings. The minimum atomic E-state index is -4.93. The highest BCUT2D eigenvalue weighted by atomic mass is 31.2. The molecule has 18 heteroatoms. The molecule has 0 heterocycles. The molecule has 0 radical (unpaired) electrons. The van der Waals surface area contributed by atoms with Gasteiger partial charge in [-0.3, -0.25) is 32.5 Å². The van der Waals surface area contributed by atoms with Crippen LogP contribution < -0.4 is 0 Å². The Balaban J connectivity index is 4.67. The third kappa shape index (κ3) is 63.8. The zero-order valence-corrected chi connectivity index (χ0v) is 56.0. The van der Waals surface area contributed by atoms with Gasteiger partial charge in [-0.25, -0.2) is 9.13 Å². The Hall–Kier alpha value is -3.53. The van der Waals surface area contributed by atoms with Crippen molar-refractivity contribution < 1.29 is 75.8 Å². The van der Waals surface area contributed by atoms with Gasteiger partial charge in [-0.2, -0.15) is 0 Å². The van der Waals surface area contributed by atoms with Crippen molar-refractivity contribution in [1.82, 2.24) is 0 Å². The first-order chi connectivity index (χ1) is 42.2. The maximum Gasteiger partial charge on any atom is 0.472 e. The fourth-order valence-corrected chi connectivity index (χ4v) is 10.2. The van der Waals surface area contributed by atoms with Crippen molar-refractivity contribution >= 4 is 33.6 Å². The molecule has 4 N–H and O–H groups in total. The van der Waals surface area contributed by atoms with Gasteiger partial charge in [0.25, 0.3) is 0 Å². The first kappa shape index (κ1) is 83.5. The van der Waals surface area contributed by atoms with Crippen LogP contribution in [0.3, 0.4) is 0 Å². The summed E-state index contributed by atoms with van der Waals surface area (Å²) < 4.78 is 60.8. The van der Waals surface area contributed by atoms with Crippen LogP contribution in [0.15, 0.2) is 97.2 Å². The molecule has 0 saturated heterocycles. The highest BCUT2D eigenvalue weighted by molar-refractivity contribution is 7.47. The number of rotatable bonds is 63. The van der Waals surface area contributed by atoms with Gasteiger partial charge >= 0.3 is 33.6 Å². The van der Waals surface area contributed by atoms with Crippen molar-refractivity contribution in [2.75, 3.05) is 39.6 Å². The minimum Gasteiger partial charge on any atom is -0.463 e. The number of hydrogen-bond acceptors (Lipinski definition) is 14. The van der Waals surface area contributed by atoms with Crippen LogP contribution in [-0.4, -0.2) is 95.9 Å². The Kier molecular flexibility index (Phi) is 60.1. The third-order valence-electron chi connectivity index (χ3n) is 13.8. The average Bonchev–Trinajstić information content (AvgIpc) is 3.68. The topological polar surface area (TPSA) is 231 Å². The van der Waals surface area contributed by atoms with E-state index in [1.54, 1.807) is 0 Å². The molecule has 87 heavy (non-hydrogen) atoms. The van der Waals surface area contributed by atoms with Crippen molar-refractivity contribution in [3.8, 4) is 0 Å². The highest BCUT2D eigenvalue weighted by Crippen LogP contribution is 2.45. The monoisotopic (exact) mass is 1270 g/mol. The first-order valence-corrected chi connectivity index (χ1v) is 36.5. The maximum absolute atomic E-state index is 12.9. The number of aliphatic hydroxyl groups is 2. The second kappa shape index (κ2) is 62.7. The largest absolute Gasteiger partial charge is 0.472 e. The van der Waals surface area contributed by atoms with Gasteiger partial charge < -0.3 is 34.2 Å². The van der Waals surface area contributed by atoms with Crippen LogP contribution in [0.1, 0.15) is 265 Å². The molecule has 16 nitrogen and oxygen atoms in total. The van der Waals surface area contributed by atoms with E-state index < -0.39 is 91.5 Å². The van der Waals surface area contributed by atoms with Crippen LogP contribution in [-0.2, 0) is 55.8 Å². The predicted octanol–water partition coefficient (Wildman–Crippen LogP) is 18.3. The molecular weight excluding hydrogens is 1150 g/mol. The quantitative estimate of drug-likeness (QED) is 0.0146. The molecule has 0 aliphatic carbocycles. The summed E-state index contributed by atoms with van der Waals surface area (Å²) in [5, 5.41) is 20.5. The van der Waals surface area contributed by atoms with Gasteiger partial charge in [-0.1, -0.05) is 221 Å². The van der Waals surface area contributed by atoms with Gasteiger partial charge in [0.15, 0.2) is 6.10 Å². The lowest BCUT2D eigenvalue weighted by molar-refractivity contribution is -0.161. The Labute approximate surface area is 527 Å². The summed E-state index contributed by atoms with van der Waals surface area (Å²) in [5.41, 5.74) is 0. The molecule has 0 aromatic carbocycles. The van der Waals surface area contributed by atoms with Crippen molar-refractivity contribution in [1.29, 1.82) is 0 Å². The van der Waals surface area contributed by atoms with Crippen LogP contribution in [0.5, 0.6) is 0 Å². The Morgan fingerprint density at radius 1 is 0.333 bits per heavy atom. The van der Waals surface area contributed by atoms with Crippen molar-refractivity contribution in [2.45, 2.75) is 283 Å². The van der Waals surface area contributed by atoms with E-state index in [0.717, 1.165) is 148 Å². The van der Waals surface area contributed by atoms with Gasteiger partial charge in [0, 0.05) is 19.3 Å². The Morgan fingerprint density at radius 2 is 0.609 bits per heavy atom. The number of unbranched alkanes of at least 4 members (excludes halogenated alkanes) is 24. The zero-order chi connectivity index (χ0) is 63.8. The second-order valence-corrected chi connectivity index (χ2v) is 25.1. The highest BCUT2D eigenvalue weighted by Gasteiger charge is 2.29. The van der Waals surface area contributed by atoms with Gasteiger partial charge in [0.1, 0.15) is 25.4 Å². The van der Waals surface area contributed by atoms with E-state index in [0.29, 0.717) is 19.3 Å². The normalized spacial score (nSPS) is 14.9. The number of carbonyl (C=O) groups excluding carboxylic acids is 3. The Morgan fingerprint density at radius 3 is 1.00 bits per heavy atom. The summed E-state index contributed by atoms with van der Waals surface area (Å²) >= 11 is 0. The summed E-state index contributed by atoms with van der Waals surface area (Å²) in [7, 11) is -9.78. The second-order valence-electron chi connectivity index (χ2n) is 22.2. The van der Waals surface area contributed by atoms with Gasteiger partial charge in [-0.05, 0) is 122 Å². The fourth-order valence-electron chi connectivity index (χ4n) is 8.62. The summed E-state index contributed by atoms with van der Waals surface area (Å²) in [5.74, 6) is -1.62. The number of esters is 3. The van der Waals surface area contributed by atoms with E-state index in [2.05, 4.69) is 118 Å². The summed E-state index contributed by atoms with van der Waals surface area (Å²) in [6, 6.07) is 0. The lowest BCUT2D eigenvalue weighted by atomic mass is 10.1. The van der Waals surface area contributed by atoms with E-state index >= 15 is 0 Å². The SMILES string of the molecule is CC/C=C\C/C=C\C/C=C\C/C=C\C/C=C\CCCCCCCC(=O)OCC(O)COP(=O)(O)OCC(O)COP(=O)(O)OCC(COC(=O)CCCCCCC/C=C\C/C=C\CCCCC)OC(=O)CCCCCCC/C=C\CCCCCCCC. The smallest absolute Gasteiger partial charge is 0.463 e. The standard InChI is InChI=1S/C69H120O16P2/c1-4-7-10-13-16-19-22-25-28-29-30-31-32-33-36-38-40-43-46-49-52-55-67(72)79-58-64(70)59-81-86(75,76)82-60-65(71)61-83-87(77,78)84-63-66(85-69(74)57-54-51-48-45-42-39-35-27-24-21-18-15-12-9-6-3)62-80-68(73)56-53-50-47-44-41-37-34-26-23-20-17-14-11-8-5-2/h7,10,16-17,19-20,25-28,30-31,33-36,64-66,70-71H,4-6,8-9,11-15,18,21-24,29,32,37-63H2,1-3H3,(H,75,76)(H,77,78)/b10-7-,19-16-,20-17-,28-25-,31-30-,34-26-,35-27-,36-33-. The fraction of sp³-hybridized carbons (Fsp3) is 0.725. The molecule has 0 saturated carbocycles. The molecule has 5 unspecified atom stereocenters. The van der Waals surface area contributed by atoms with Crippen LogP contribution >= 0.6 is 15.6 Å². The summed E-state index contributed by atoms with van der Waals surface area (Å²) in [6.07, 6.45) is 67.4. The van der Waals surface area contributed by atoms with Crippen molar-refractivity contribution in [2.24, 2.45) is 0 Å². The molecule has 0 rings (SSSR count). The molecule has 0 aliphatic heterocycles. The number of phosphoric acid groups is 2. The van der Waals surface area contributed by atoms with Crippen molar-refractivity contribution in [3.63, 3.8) is 0 Å². The number of phosphoric ester groups is 2. The number of aliphatic hydroxyl groups excluding tert-OH is 2. The van der Waals surface area contributed by atoms with E-state index in [-0.39, 0.29) is 19.3 Å². The number of hydrogen-bond donors (Lipinski definition) is 4. The van der Waals surface area contributed by atoms with E-state index in [9.17, 15) is 43.5 Å². The van der Waals surface area contributed by atoms with E-state index in [1.165, 1.54) is 57.8 Å². The predicted molar refractivity (Wildman–Crippen MR) is 353 cm³/mol. The molecule has 0 aromatic rings. The molecule has 0 aromatic heterocycles. The molecule has 0 spiro atoms. The zero-order valence-electron chi connectivity index (χ0n) is 54.2. The van der Waals surface area contributed by atoms with Gasteiger partial charge in [-0.15, -0.1) is 0 Å². The average molecular weight is 1270 g/mol.